The van der Waals surface area contributed by atoms with Crippen LogP contribution in [0.4, 0.5) is 5.69 Å². The van der Waals surface area contributed by atoms with Crippen LogP contribution >= 0.6 is 0 Å². The van der Waals surface area contributed by atoms with Crippen LogP contribution in [0.15, 0.2) is 60.7 Å². The van der Waals surface area contributed by atoms with E-state index in [1.165, 1.54) is 24.3 Å². The number of benzene rings is 3. The molecule has 0 fully saturated rings. The van der Waals surface area contributed by atoms with Crippen LogP contribution in [0, 0.1) is 21.4 Å². The molecule has 3 rings (SSSR count). The number of allylic oxidation sites excluding steroid dienone is 1. The average molecular weight is 316 g/mol. The van der Waals surface area contributed by atoms with E-state index in [4.69, 9.17) is 0 Å². The zero-order valence-corrected chi connectivity index (χ0v) is 12.5. The van der Waals surface area contributed by atoms with Crippen molar-refractivity contribution in [3.8, 4) is 11.8 Å². The Morgan fingerprint density at radius 2 is 1.79 bits per heavy atom. The predicted octanol–water partition coefficient (Wildman–Crippen LogP) is 4.52. The molecule has 24 heavy (non-hydrogen) atoms. The van der Waals surface area contributed by atoms with E-state index >= 15 is 0 Å². The Morgan fingerprint density at radius 3 is 2.46 bits per heavy atom. The van der Waals surface area contributed by atoms with Crippen molar-refractivity contribution in [1.29, 1.82) is 5.26 Å². The molecule has 1 N–H and O–H groups in total. The van der Waals surface area contributed by atoms with Gasteiger partial charge in [0, 0.05) is 17.7 Å². The molecule has 0 aliphatic heterocycles. The van der Waals surface area contributed by atoms with Crippen molar-refractivity contribution in [1.82, 2.24) is 0 Å². The summed E-state index contributed by atoms with van der Waals surface area (Å²) in [7, 11) is 0. The van der Waals surface area contributed by atoms with E-state index in [1.807, 2.05) is 24.3 Å². The number of nitro benzene ring substituents is 1. The Kier molecular flexibility index (Phi) is 3.96. The summed E-state index contributed by atoms with van der Waals surface area (Å²) >= 11 is 0. The Hall–Kier alpha value is -3.65. The molecule has 0 spiro atoms. The smallest absolute Gasteiger partial charge is 0.269 e. The number of nitrogens with zero attached hydrogens (tertiary/aromatic N) is 2. The van der Waals surface area contributed by atoms with E-state index < -0.39 is 4.92 Å². The fourth-order valence-corrected chi connectivity index (χ4v) is 2.52. The fraction of sp³-hybridized carbons (Fsp3) is 0. The molecule has 0 aromatic heterocycles. The van der Waals surface area contributed by atoms with E-state index in [9.17, 15) is 20.5 Å². The van der Waals surface area contributed by atoms with Gasteiger partial charge in [-0.15, -0.1) is 0 Å². The summed E-state index contributed by atoms with van der Waals surface area (Å²) in [6.07, 6.45) is 1.60. The summed E-state index contributed by atoms with van der Waals surface area (Å²) in [6.45, 7) is 0. The monoisotopic (exact) mass is 316 g/mol. The molecule has 5 heteroatoms. The molecular weight excluding hydrogens is 304 g/mol. The summed E-state index contributed by atoms with van der Waals surface area (Å²) < 4.78 is 0. The van der Waals surface area contributed by atoms with E-state index in [0.717, 1.165) is 10.8 Å². The molecule has 0 saturated heterocycles. The first-order valence-electron chi connectivity index (χ1n) is 7.17. The molecule has 0 aliphatic rings. The van der Waals surface area contributed by atoms with Gasteiger partial charge in [-0.3, -0.25) is 10.1 Å². The minimum absolute atomic E-state index is 0.0379. The van der Waals surface area contributed by atoms with Gasteiger partial charge in [-0.2, -0.15) is 5.26 Å². The van der Waals surface area contributed by atoms with Crippen molar-refractivity contribution in [2.75, 3.05) is 0 Å². The minimum atomic E-state index is -0.490. The molecule has 0 bridgehead atoms. The van der Waals surface area contributed by atoms with Crippen molar-refractivity contribution in [2.45, 2.75) is 0 Å². The maximum absolute atomic E-state index is 10.7. The van der Waals surface area contributed by atoms with Gasteiger partial charge in [-0.1, -0.05) is 30.3 Å². The number of nitriles is 1. The third-order valence-corrected chi connectivity index (χ3v) is 3.75. The summed E-state index contributed by atoms with van der Waals surface area (Å²) in [6, 6.07) is 18.8. The highest BCUT2D eigenvalue weighted by atomic mass is 16.6. The van der Waals surface area contributed by atoms with Gasteiger partial charge in [0.2, 0.25) is 0 Å². The van der Waals surface area contributed by atoms with E-state index in [2.05, 4.69) is 6.07 Å². The SMILES string of the molecule is N#C/C(=C\c1c(O)ccc2ccccc12)c1ccc([N+](=O)[O-])cc1. The first-order valence-corrected chi connectivity index (χ1v) is 7.17. The van der Waals surface area contributed by atoms with Crippen molar-refractivity contribution in [2.24, 2.45) is 0 Å². The van der Waals surface area contributed by atoms with Crippen molar-refractivity contribution in [3.05, 3.63) is 81.9 Å². The summed E-state index contributed by atoms with van der Waals surface area (Å²) in [5.41, 5.74) is 1.37. The quantitative estimate of drug-likeness (QED) is 0.333. The summed E-state index contributed by atoms with van der Waals surface area (Å²) in [4.78, 5) is 10.2. The minimum Gasteiger partial charge on any atom is -0.507 e. The molecule has 116 valence electrons. The first kappa shape index (κ1) is 15.3. The normalized spacial score (nSPS) is 11.2. The van der Waals surface area contributed by atoms with Crippen LogP contribution in [0.2, 0.25) is 0 Å². The zero-order chi connectivity index (χ0) is 17.1. The molecule has 0 atom stereocenters. The number of non-ortho nitro benzene ring substituents is 1. The molecule has 0 saturated carbocycles. The lowest BCUT2D eigenvalue weighted by atomic mass is 9.98. The Morgan fingerprint density at radius 1 is 1.08 bits per heavy atom. The third-order valence-electron chi connectivity index (χ3n) is 3.75. The van der Waals surface area contributed by atoms with Crippen LogP contribution in [0.1, 0.15) is 11.1 Å². The van der Waals surface area contributed by atoms with Crippen molar-refractivity contribution < 1.29 is 10.0 Å². The van der Waals surface area contributed by atoms with Crippen LogP contribution in [0.3, 0.4) is 0 Å². The Bertz CT molecular complexity index is 999. The lowest BCUT2D eigenvalue weighted by Gasteiger charge is -2.06. The maximum Gasteiger partial charge on any atom is 0.269 e. The van der Waals surface area contributed by atoms with E-state index in [1.54, 1.807) is 18.2 Å². The van der Waals surface area contributed by atoms with Crippen molar-refractivity contribution >= 4 is 28.1 Å². The molecule has 0 radical (unpaired) electrons. The lowest BCUT2D eigenvalue weighted by Crippen LogP contribution is -1.89. The van der Waals surface area contributed by atoms with E-state index in [0.29, 0.717) is 16.7 Å². The summed E-state index contributed by atoms with van der Waals surface area (Å²) in [5, 5.41) is 32.1. The standard InChI is InChI=1S/C19H12N2O3/c20-12-15(13-5-8-16(9-6-13)21(23)24)11-18-17-4-2-1-3-14(17)7-10-19(18)22/h1-11,22H/b15-11+. The second kappa shape index (κ2) is 6.23. The van der Waals surface area contributed by atoms with Gasteiger partial charge in [-0.25, -0.2) is 0 Å². The van der Waals surface area contributed by atoms with Crippen LogP contribution in [0.5, 0.6) is 5.75 Å². The number of rotatable bonds is 3. The Labute approximate surface area is 137 Å². The maximum atomic E-state index is 10.7. The molecule has 0 heterocycles. The van der Waals surface area contributed by atoms with Gasteiger partial charge in [-0.05, 0) is 40.6 Å². The van der Waals surface area contributed by atoms with Gasteiger partial charge in [0.05, 0.1) is 16.6 Å². The largest absolute Gasteiger partial charge is 0.507 e. The summed E-state index contributed by atoms with van der Waals surface area (Å²) in [5.74, 6) is 0.0726. The topological polar surface area (TPSA) is 87.2 Å². The van der Waals surface area contributed by atoms with Gasteiger partial charge in [0.25, 0.3) is 5.69 Å². The predicted molar refractivity (Wildman–Crippen MR) is 92.2 cm³/mol. The number of phenols is 1. The molecule has 0 amide bonds. The number of fused-ring (bicyclic) bond motifs is 1. The number of hydrogen-bond donors (Lipinski definition) is 1. The van der Waals surface area contributed by atoms with Gasteiger partial charge >= 0.3 is 0 Å². The van der Waals surface area contributed by atoms with Gasteiger partial charge in [0.15, 0.2) is 0 Å². The molecule has 3 aromatic rings. The Balaban J connectivity index is 2.14. The first-order chi connectivity index (χ1) is 11.6. The highest BCUT2D eigenvalue weighted by molar-refractivity contribution is 6.00. The molecular formula is C19H12N2O3. The molecule has 0 aliphatic carbocycles. The second-order valence-corrected chi connectivity index (χ2v) is 5.19. The lowest BCUT2D eigenvalue weighted by molar-refractivity contribution is -0.384. The van der Waals surface area contributed by atoms with Gasteiger partial charge in [0.1, 0.15) is 5.75 Å². The molecule has 0 unspecified atom stereocenters. The van der Waals surface area contributed by atoms with Crippen LogP contribution in [0.25, 0.3) is 22.4 Å². The fourth-order valence-electron chi connectivity index (χ4n) is 2.52. The van der Waals surface area contributed by atoms with Crippen LogP contribution in [-0.2, 0) is 0 Å². The highest BCUT2D eigenvalue weighted by Gasteiger charge is 2.10. The second-order valence-electron chi connectivity index (χ2n) is 5.19. The average Bonchev–Trinajstić information content (AvgIpc) is 2.61. The highest BCUT2D eigenvalue weighted by Crippen LogP contribution is 2.31. The van der Waals surface area contributed by atoms with E-state index in [-0.39, 0.29) is 11.4 Å². The van der Waals surface area contributed by atoms with Crippen molar-refractivity contribution in [3.63, 3.8) is 0 Å². The number of nitro groups is 1. The third kappa shape index (κ3) is 2.81. The number of aromatic hydroxyl groups is 1. The zero-order valence-electron chi connectivity index (χ0n) is 12.5. The number of hydrogen-bond acceptors (Lipinski definition) is 4. The molecule has 5 nitrogen and oxygen atoms in total. The van der Waals surface area contributed by atoms with Gasteiger partial charge < -0.3 is 5.11 Å². The molecule has 3 aromatic carbocycles. The van der Waals surface area contributed by atoms with Crippen LogP contribution in [-0.4, -0.2) is 10.0 Å². The van der Waals surface area contributed by atoms with Crippen LogP contribution < -0.4 is 0 Å². The number of phenolic OH excluding ortho intramolecular Hbond substituents is 1.